The first-order valence-electron chi connectivity index (χ1n) is 4.56. The number of rotatable bonds is 2. The number of hydrogen-bond donors (Lipinski definition) is 2. The highest BCUT2D eigenvalue weighted by atomic mass is 79.9. The first-order valence-corrected chi connectivity index (χ1v) is 5.35. The molecule has 0 atom stereocenters. The zero-order chi connectivity index (χ0) is 12.4. The molecule has 0 saturated heterocycles. The van der Waals surface area contributed by atoms with E-state index in [1.807, 2.05) is 0 Å². The van der Waals surface area contributed by atoms with E-state index in [4.69, 9.17) is 5.73 Å². The van der Waals surface area contributed by atoms with Crippen LogP contribution in [0.15, 0.2) is 29.0 Å². The number of halogens is 3. The standard InChI is InChI=1S/C10H7BrF2N4/c11-5-3-7(13)8(4-6(5)12)17-10-9(14)15-1-2-16-10/h1-4H,(H2,14,15)(H,16,17). The number of hydrogen-bond acceptors (Lipinski definition) is 4. The fourth-order valence-electron chi connectivity index (χ4n) is 1.19. The van der Waals surface area contributed by atoms with Crippen molar-refractivity contribution in [2.24, 2.45) is 0 Å². The molecule has 0 spiro atoms. The molecule has 0 saturated carbocycles. The Balaban J connectivity index is 2.37. The molecule has 0 unspecified atom stereocenters. The van der Waals surface area contributed by atoms with Gasteiger partial charge in [0, 0.05) is 18.5 Å². The molecule has 4 nitrogen and oxygen atoms in total. The largest absolute Gasteiger partial charge is 0.381 e. The summed E-state index contributed by atoms with van der Waals surface area (Å²) in [7, 11) is 0. The highest BCUT2D eigenvalue weighted by Crippen LogP contribution is 2.26. The Kier molecular flexibility index (Phi) is 3.19. The quantitative estimate of drug-likeness (QED) is 0.837. The van der Waals surface area contributed by atoms with Gasteiger partial charge in [-0.2, -0.15) is 0 Å². The van der Waals surface area contributed by atoms with E-state index in [1.54, 1.807) is 0 Å². The number of aromatic nitrogens is 2. The SMILES string of the molecule is Nc1nccnc1Nc1cc(F)c(Br)cc1F. The van der Waals surface area contributed by atoms with Gasteiger partial charge in [0.25, 0.3) is 0 Å². The van der Waals surface area contributed by atoms with Crippen LogP contribution in [0, 0.1) is 11.6 Å². The van der Waals surface area contributed by atoms with Crippen LogP contribution < -0.4 is 11.1 Å². The Morgan fingerprint density at radius 2 is 1.82 bits per heavy atom. The van der Waals surface area contributed by atoms with Crippen molar-refractivity contribution in [1.82, 2.24) is 9.97 Å². The van der Waals surface area contributed by atoms with Crippen molar-refractivity contribution in [3.63, 3.8) is 0 Å². The number of nitrogens with two attached hydrogens (primary N) is 1. The Hall–Kier alpha value is -1.76. The molecule has 0 aliphatic rings. The average Bonchev–Trinajstić information content (AvgIpc) is 2.29. The molecular formula is C10H7BrF2N4. The Morgan fingerprint density at radius 3 is 2.53 bits per heavy atom. The van der Waals surface area contributed by atoms with Gasteiger partial charge in [0.1, 0.15) is 11.6 Å². The van der Waals surface area contributed by atoms with Crippen LogP contribution in [0.25, 0.3) is 0 Å². The van der Waals surface area contributed by atoms with Crippen molar-refractivity contribution < 1.29 is 8.78 Å². The highest BCUT2D eigenvalue weighted by molar-refractivity contribution is 9.10. The van der Waals surface area contributed by atoms with E-state index >= 15 is 0 Å². The van der Waals surface area contributed by atoms with Crippen LogP contribution in [0.1, 0.15) is 0 Å². The van der Waals surface area contributed by atoms with E-state index < -0.39 is 11.6 Å². The normalized spacial score (nSPS) is 10.3. The molecule has 0 amide bonds. The van der Waals surface area contributed by atoms with Gasteiger partial charge in [-0.1, -0.05) is 0 Å². The van der Waals surface area contributed by atoms with Crippen molar-refractivity contribution >= 4 is 33.3 Å². The van der Waals surface area contributed by atoms with Gasteiger partial charge in [0.15, 0.2) is 11.6 Å². The number of nitrogens with one attached hydrogen (secondary N) is 1. The summed E-state index contributed by atoms with van der Waals surface area (Å²) in [5, 5.41) is 2.57. The third-order valence-corrected chi connectivity index (χ3v) is 2.60. The molecule has 0 fully saturated rings. The van der Waals surface area contributed by atoms with Crippen molar-refractivity contribution in [1.29, 1.82) is 0 Å². The van der Waals surface area contributed by atoms with Crippen LogP contribution >= 0.6 is 15.9 Å². The van der Waals surface area contributed by atoms with E-state index in [-0.39, 0.29) is 21.8 Å². The smallest absolute Gasteiger partial charge is 0.173 e. The lowest BCUT2D eigenvalue weighted by Crippen LogP contribution is -2.02. The van der Waals surface area contributed by atoms with E-state index in [1.165, 1.54) is 12.4 Å². The third-order valence-electron chi connectivity index (χ3n) is 1.99. The molecule has 7 heteroatoms. The van der Waals surface area contributed by atoms with Gasteiger partial charge in [-0.15, -0.1) is 0 Å². The molecule has 88 valence electrons. The molecule has 0 radical (unpaired) electrons. The van der Waals surface area contributed by atoms with Crippen molar-refractivity contribution in [3.8, 4) is 0 Å². The summed E-state index contributed by atoms with van der Waals surface area (Å²) in [5.41, 5.74) is 5.47. The summed E-state index contributed by atoms with van der Waals surface area (Å²) in [6.07, 6.45) is 2.80. The summed E-state index contributed by atoms with van der Waals surface area (Å²) in [6, 6.07) is 2.03. The van der Waals surface area contributed by atoms with Crippen LogP contribution in [-0.2, 0) is 0 Å². The Morgan fingerprint density at radius 1 is 1.12 bits per heavy atom. The lowest BCUT2D eigenvalue weighted by Gasteiger charge is -2.08. The predicted octanol–water partition coefficient (Wildman–Crippen LogP) is 2.84. The van der Waals surface area contributed by atoms with E-state index in [9.17, 15) is 8.78 Å². The fourth-order valence-corrected chi connectivity index (χ4v) is 1.51. The summed E-state index contributed by atoms with van der Waals surface area (Å²) in [5.74, 6) is -0.928. The molecule has 0 bridgehead atoms. The molecule has 0 aliphatic heterocycles. The van der Waals surface area contributed by atoms with Gasteiger partial charge in [-0.3, -0.25) is 0 Å². The second-order valence-electron chi connectivity index (χ2n) is 3.16. The average molecular weight is 301 g/mol. The maximum absolute atomic E-state index is 13.5. The zero-order valence-electron chi connectivity index (χ0n) is 8.42. The van der Waals surface area contributed by atoms with Gasteiger partial charge in [-0.25, -0.2) is 18.7 Å². The van der Waals surface area contributed by atoms with Crippen LogP contribution in [0.2, 0.25) is 0 Å². The molecule has 1 heterocycles. The molecule has 0 aliphatic carbocycles. The van der Waals surface area contributed by atoms with E-state index in [0.717, 1.165) is 12.1 Å². The third kappa shape index (κ3) is 2.50. The zero-order valence-corrected chi connectivity index (χ0v) is 10.0. The first kappa shape index (κ1) is 11.7. The predicted molar refractivity (Wildman–Crippen MR) is 63.8 cm³/mol. The Labute approximate surface area is 104 Å². The van der Waals surface area contributed by atoms with E-state index in [0.29, 0.717) is 0 Å². The number of anilines is 3. The van der Waals surface area contributed by atoms with Crippen molar-refractivity contribution in [2.45, 2.75) is 0 Å². The minimum Gasteiger partial charge on any atom is -0.381 e. The minimum atomic E-state index is -0.622. The van der Waals surface area contributed by atoms with Crippen LogP contribution in [0.4, 0.5) is 26.1 Å². The summed E-state index contributed by atoms with van der Waals surface area (Å²) < 4.78 is 26.8. The van der Waals surface area contributed by atoms with Gasteiger partial charge < -0.3 is 11.1 Å². The maximum atomic E-state index is 13.5. The van der Waals surface area contributed by atoms with Crippen LogP contribution in [-0.4, -0.2) is 9.97 Å². The summed E-state index contributed by atoms with van der Waals surface area (Å²) in [6.45, 7) is 0. The summed E-state index contributed by atoms with van der Waals surface area (Å²) >= 11 is 2.88. The van der Waals surface area contributed by atoms with Crippen LogP contribution in [0.5, 0.6) is 0 Å². The Bertz CT molecular complexity index is 562. The van der Waals surface area contributed by atoms with Crippen molar-refractivity contribution in [3.05, 3.63) is 40.6 Å². The van der Waals surface area contributed by atoms with Gasteiger partial charge in [-0.05, 0) is 22.0 Å². The van der Waals surface area contributed by atoms with E-state index in [2.05, 4.69) is 31.2 Å². The number of nitrogen functional groups attached to an aromatic ring is 1. The molecular weight excluding hydrogens is 294 g/mol. The van der Waals surface area contributed by atoms with Crippen molar-refractivity contribution in [2.75, 3.05) is 11.1 Å². The highest BCUT2D eigenvalue weighted by Gasteiger charge is 2.10. The molecule has 17 heavy (non-hydrogen) atoms. The monoisotopic (exact) mass is 300 g/mol. The van der Waals surface area contributed by atoms with Gasteiger partial charge in [0.05, 0.1) is 10.2 Å². The molecule has 2 aromatic rings. The number of benzene rings is 1. The minimum absolute atomic E-state index is 0.0488. The lowest BCUT2D eigenvalue weighted by molar-refractivity contribution is 0.597. The number of nitrogens with zero attached hydrogens (tertiary/aromatic N) is 2. The maximum Gasteiger partial charge on any atom is 0.173 e. The summed E-state index contributed by atoms with van der Waals surface area (Å²) in [4.78, 5) is 7.64. The topological polar surface area (TPSA) is 63.8 Å². The lowest BCUT2D eigenvalue weighted by atomic mass is 10.3. The molecule has 1 aromatic carbocycles. The van der Waals surface area contributed by atoms with Gasteiger partial charge >= 0.3 is 0 Å². The van der Waals surface area contributed by atoms with Gasteiger partial charge in [0.2, 0.25) is 0 Å². The second kappa shape index (κ2) is 4.62. The first-order chi connectivity index (χ1) is 8.08. The second-order valence-corrected chi connectivity index (χ2v) is 4.02. The molecule has 1 aromatic heterocycles. The molecule has 3 N–H and O–H groups in total. The fraction of sp³-hybridized carbons (Fsp3) is 0. The molecule has 2 rings (SSSR count). The van der Waals surface area contributed by atoms with Crippen LogP contribution in [0.3, 0.4) is 0 Å².